The molecule has 0 radical (unpaired) electrons. The molecule has 84 valence electrons. The second kappa shape index (κ2) is 5.09. The molecule has 1 aliphatic heterocycles. The zero-order valence-electron chi connectivity index (χ0n) is 8.57. The van der Waals surface area contributed by atoms with E-state index in [4.69, 9.17) is 16.3 Å². The molecule has 1 aromatic heterocycles. The van der Waals surface area contributed by atoms with E-state index in [2.05, 4.69) is 21.0 Å². The molecule has 1 atom stereocenters. The highest BCUT2D eigenvalue weighted by Crippen LogP contribution is 2.24. The number of hydrogen-bond donors (Lipinski definition) is 1. The van der Waals surface area contributed by atoms with Gasteiger partial charge in [-0.2, -0.15) is 8.75 Å². The van der Waals surface area contributed by atoms with Crippen LogP contribution in [0.5, 0.6) is 0 Å². The van der Waals surface area contributed by atoms with Gasteiger partial charge in [0.2, 0.25) is 0 Å². The molecule has 0 amide bonds. The van der Waals surface area contributed by atoms with Crippen molar-refractivity contribution in [3.8, 4) is 0 Å². The molecule has 1 fully saturated rings. The fourth-order valence-electron chi connectivity index (χ4n) is 1.81. The molecule has 2 heterocycles. The standard InChI is InChI=1S/C9H14ClN3OS/c1-6(7-2-4-14-5-3-7)11-9-8(10)12-15-13-9/h6-7H,2-5H2,1H3,(H,11,13). The van der Waals surface area contributed by atoms with Gasteiger partial charge in [-0.3, -0.25) is 0 Å². The van der Waals surface area contributed by atoms with Crippen LogP contribution in [0.1, 0.15) is 19.8 Å². The van der Waals surface area contributed by atoms with Crippen LogP contribution in [0.15, 0.2) is 0 Å². The minimum absolute atomic E-state index is 0.371. The Hall–Kier alpha value is -0.390. The zero-order valence-corrected chi connectivity index (χ0v) is 10.1. The zero-order chi connectivity index (χ0) is 10.7. The van der Waals surface area contributed by atoms with Crippen molar-refractivity contribution in [2.75, 3.05) is 18.5 Å². The maximum Gasteiger partial charge on any atom is 0.186 e. The molecular formula is C9H14ClN3OS. The Bertz CT molecular complexity index is 314. The summed E-state index contributed by atoms with van der Waals surface area (Å²) < 4.78 is 13.4. The Morgan fingerprint density at radius 1 is 1.47 bits per heavy atom. The van der Waals surface area contributed by atoms with E-state index in [0.717, 1.165) is 37.8 Å². The normalized spacial score (nSPS) is 20.1. The van der Waals surface area contributed by atoms with E-state index >= 15 is 0 Å². The van der Waals surface area contributed by atoms with Crippen molar-refractivity contribution in [1.29, 1.82) is 0 Å². The van der Waals surface area contributed by atoms with Gasteiger partial charge in [-0.05, 0) is 25.7 Å². The highest BCUT2D eigenvalue weighted by molar-refractivity contribution is 6.99. The number of ether oxygens (including phenoxy) is 1. The van der Waals surface area contributed by atoms with Crippen LogP contribution < -0.4 is 5.32 Å². The van der Waals surface area contributed by atoms with E-state index in [9.17, 15) is 0 Å². The molecule has 15 heavy (non-hydrogen) atoms. The van der Waals surface area contributed by atoms with Gasteiger partial charge in [-0.15, -0.1) is 0 Å². The molecule has 1 saturated heterocycles. The summed E-state index contributed by atoms with van der Waals surface area (Å²) in [7, 11) is 0. The number of hydrogen-bond acceptors (Lipinski definition) is 5. The van der Waals surface area contributed by atoms with Crippen molar-refractivity contribution in [3.63, 3.8) is 0 Å². The molecule has 2 rings (SSSR count). The highest BCUT2D eigenvalue weighted by Gasteiger charge is 2.21. The van der Waals surface area contributed by atoms with E-state index in [0.29, 0.717) is 22.9 Å². The molecule has 4 nitrogen and oxygen atoms in total. The van der Waals surface area contributed by atoms with Crippen molar-refractivity contribution in [1.82, 2.24) is 8.75 Å². The summed E-state index contributed by atoms with van der Waals surface area (Å²) in [5, 5.41) is 3.78. The fraction of sp³-hybridized carbons (Fsp3) is 0.778. The van der Waals surface area contributed by atoms with Gasteiger partial charge in [0.05, 0.1) is 11.7 Å². The first-order chi connectivity index (χ1) is 7.27. The predicted molar refractivity (Wildman–Crippen MR) is 61.5 cm³/mol. The molecule has 1 N–H and O–H groups in total. The Balaban J connectivity index is 1.91. The van der Waals surface area contributed by atoms with Crippen molar-refractivity contribution in [2.45, 2.75) is 25.8 Å². The van der Waals surface area contributed by atoms with E-state index < -0.39 is 0 Å². The Labute approximate surface area is 98.3 Å². The molecule has 0 aliphatic carbocycles. The van der Waals surface area contributed by atoms with Crippen LogP contribution in [0.4, 0.5) is 5.82 Å². The van der Waals surface area contributed by atoms with Gasteiger partial charge in [0, 0.05) is 19.3 Å². The van der Waals surface area contributed by atoms with E-state index in [1.54, 1.807) is 0 Å². The summed E-state index contributed by atoms with van der Waals surface area (Å²) in [6.07, 6.45) is 2.20. The van der Waals surface area contributed by atoms with Crippen LogP contribution in [0.3, 0.4) is 0 Å². The van der Waals surface area contributed by atoms with Crippen molar-refractivity contribution in [2.24, 2.45) is 5.92 Å². The van der Waals surface area contributed by atoms with E-state index in [1.165, 1.54) is 0 Å². The number of nitrogens with one attached hydrogen (secondary N) is 1. The summed E-state index contributed by atoms with van der Waals surface area (Å²) in [4.78, 5) is 0. The number of halogens is 1. The molecule has 1 unspecified atom stereocenters. The molecule has 6 heteroatoms. The van der Waals surface area contributed by atoms with Crippen LogP contribution in [0.25, 0.3) is 0 Å². The van der Waals surface area contributed by atoms with E-state index in [-0.39, 0.29) is 0 Å². The molecule has 0 spiro atoms. The largest absolute Gasteiger partial charge is 0.381 e. The van der Waals surface area contributed by atoms with Gasteiger partial charge in [0.15, 0.2) is 11.0 Å². The predicted octanol–water partition coefficient (Wildman–Crippen LogP) is 2.42. The number of nitrogens with zero attached hydrogens (tertiary/aromatic N) is 2. The lowest BCUT2D eigenvalue weighted by molar-refractivity contribution is 0.0622. The lowest BCUT2D eigenvalue weighted by atomic mass is 9.93. The molecule has 1 aromatic rings. The van der Waals surface area contributed by atoms with Gasteiger partial charge in [-0.1, -0.05) is 11.6 Å². The molecule has 0 saturated carbocycles. The molecular weight excluding hydrogens is 234 g/mol. The average molecular weight is 248 g/mol. The van der Waals surface area contributed by atoms with Crippen molar-refractivity contribution >= 4 is 29.1 Å². The van der Waals surface area contributed by atoms with Gasteiger partial charge in [0.1, 0.15) is 0 Å². The topological polar surface area (TPSA) is 47.0 Å². The van der Waals surface area contributed by atoms with E-state index in [1.807, 2.05) is 0 Å². The van der Waals surface area contributed by atoms with Crippen LogP contribution in [-0.4, -0.2) is 28.0 Å². The fourth-order valence-corrected chi connectivity index (χ4v) is 2.47. The second-order valence-corrected chi connectivity index (χ2v) is 4.67. The Morgan fingerprint density at radius 2 is 2.20 bits per heavy atom. The Morgan fingerprint density at radius 3 is 2.80 bits per heavy atom. The summed E-state index contributed by atoms with van der Waals surface area (Å²) in [5.74, 6) is 1.34. The monoisotopic (exact) mass is 247 g/mol. The summed E-state index contributed by atoms with van der Waals surface area (Å²) >= 11 is 7.01. The third-order valence-electron chi connectivity index (χ3n) is 2.79. The molecule has 0 aromatic carbocycles. The first kappa shape index (κ1) is 11.1. The third kappa shape index (κ3) is 2.80. The number of rotatable bonds is 3. The smallest absolute Gasteiger partial charge is 0.186 e. The quantitative estimate of drug-likeness (QED) is 0.891. The summed E-state index contributed by atoms with van der Waals surface area (Å²) in [6.45, 7) is 3.88. The Kier molecular flexibility index (Phi) is 3.77. The van der Waals surface area contributed by atoms with Crippen LogP contribution in [-0.2, 0) is 4.74 Å². The summed E-state index contributed by atoms with van der Waals surface area (Å²) in [5.41, 5.74) is 0. The number of aromatic nitrogens is 2. The van der Waals surface area contributed by atoms with Gasteiger partial charge in [-0.25, -0.2) is 0 Å². The lowest BCUT2D eigenvalue weighted by Gasteiger charge is -2.28. The third-order valence-corrected chi connectivity index (χ3v) is 3.68. The van der Waals surface area contributed by atoms with Gasteiger partial charge in [0.25, 0.3) is 0 Å². The number of anilines is 1. The highest BCUT2D eigenvalue weighted by atomic mass is 35.5. The second-order valence-electron chi connectivity index (χ2n) is 3.79. The van der Waals surface area contributed by atoms with Crippen LogP contribution in [0.2, 0.25) is 5.15 Å². The van der Waals surface area contributed by atoms with Crippen molar-refractivity contribution in [3.05, 3.63) is 5.15 Å². The first-order valence-electron chi connectivity index (χ1n) is 5.09. The van der Waals surface area contributed by atoms with Crippen molar-refractivity contribution < 1.29 is 4.74 Å². The van der Waals surface area contributed by atoms with Gasteiger partial charge < -0.3 is 10.1 Å². The SMILES string of the molecule is CC(Nc1nsnc1Cl)C1CCOCC1. The maximum atomic E-state index is 5.87. The molecule has 0 bridgehead atoms. The lowest BCUT2D eigenvalue weighted by Crippen LogP contribution is -2.31. The van der Waals surface area contributed by atoms with Crippen LogP contribution in [0, 0.1) is 5.92 Å². The maximum absolute atomic E-state index is 5.87. The van der Waals surface area contributed by atoms with Gasteiger partial charge >= 0.3 is 0 Å². The average Bonchev–Trinajstić information content (AvgIpc) is 2.66. The minimum Gasteiger partial charge on any atom is -0.381 e. The first-order valence-corrected chi connectivity index (χ1v) is 6.20. The van der Waals surface area contributed by atoms with Crippen LogP contribution >= 0.6 is 23.3 Å². The minimum atomic E-state index is 0.371. The molecule has 1 aliphatic rings. The summed E-state index contributed by atoms with van der Waals surface area (Å²) in [6, 6.07) is 0.371.